The number of carboxylic acids is 1. The quantitative estimate of drug-likeness (QED) is 0.928. The maximum Gasteiger partial charge on any atom is 0.416 e. The minimum atomic E-state index is -4.49. The summed E-state index contributed by atoms with van der Waals surface area (Å²) in [6, 6.07) is 1.65. The lowest BCUT2D eigenvalue weighted by atomic mass is 10.0. The van der Waals surface area contributed by atoms with Crippen LogP contribution in [0, 0.1) is 5.92 Å². The van der Waals surface area contributed by atoms with Gasteiger partial charge in [-0.05, 0) is 24.1 Å². The number of rotatable bonds is 4. The van der Waals surface area contributed by atoms with Crippen molar-refractivity contribution >= 4 is 23.3 Å². The molecule has 0 saturated carbocycles. The van der Waals surface area contributed by atoms with Gasteiger partial charge in [0.2, 0.25) is 0 Å². The minimum absolute atomic E-state index is 0.123. The van der Waals surface area contributed by atoms with Crippen molar-refractivity contribution in [3.63, 3.8) is 0 Å². The van der Waals surface area contributed by atoms with Gasteiger partial charge in [-0.1, -0.05) is 25.4 Å². The Morgan fingerprint density at radius 3 is 2.32 bits per heavy atom. The molecule has 0 aliphatic heterocycles. The second-order valence-electron chi connectivity index (χ2n) is 4.38. The molecule has 0 bridgehead atoms. The van der Waals surface area contributed by atoms with E-state index in [0.29, 0.717) is 0 Å². The summed E-state index contributed by atoms with van der Waals surface area (Å²) < 4.78 is 37.3. The number of aliphatic carboxylic acids is 1. The highest BCUT2D eigenvalue weighted by Crippen LogP contribution is 2.34. The van der Waals surface area contributed by atoms with Crippen LogP contribution in [0.1, 0.15) is 19.4 Å². The molecule has 0 heterocycles. The smallest absolute Gasteiger partial charge is 0.416 e. The fourth-order valence-corrected chi connectivity index (χ4v) is 1.71. The van der Waals surface area contributed by atoms with E-state index >= 15 is 0 Å². The number of carbonyl (C=O) groups excluding carboxylic acids is 1. The number of hydrogen-bond donors (Lipinski definition) is 1. The molecule has 19 heavy (non-hydrogen) atoms. The summed E-state index contributed by atoms with van der Waals surface area (Å²) in [7, 11) is 0. The van der Waals surface area contributed by atoms with E-state index in [0.717, 1.165) is 18.2 Å². The number of carbonyl (C=O) groups is 1. The van der Waals surface area contributed by atoms with Crippen LogP contribution in [0.3, 0.4) is 0 Å². The van der Waals surface area contributed by atoms with Gasteiger partial charge in [0.05, 0.1) is 28.3 Å². The van der Waals surface area contributed by atoms with Gasteiger partial charge in [-0.3, -0.25) is 0 Å². The molecule has 1 rings (SSSR count). The van der Waals surface area contributed by atoms with Crippen LogP contribution in [-0.4, -0.2) is 12.0 Å². The molecule has 0 radical (unpaired) electrons. The molecule has 0 aliphatic rings. The van der Waals surface area contributed by atoms with Gasteiger partial charge >= 0.3 is 6.18 Å². The zero-order valence-corrected chi connectivity index (χ0v) is 11.0. The van der Waals surface area contributed by atoms with Crippen molar-refractivity contribution in [1.82, 2.24) is 0 Å². The Hall–Kier alpha value is -1.43. The summed E-state index contributed by atoms with van der Waals surface area (Å²) in [6.45, 7) is 3.29. The average Bonchev–Trinajstić information content (AvgIpc) is 2.24. The van der Waals surface area contributed by atoms with Gasteiger partial charge in [0.25, 0.3) is 0 Å². The first-order valence-electron chi connectivity index (χ1n) is 5.47. The first-order chi connectivity index (χ1) is 8.62. The molecule has 1 aromatic carbocycles. The van der Waals surface area contributed by atoms with Gasteiger partial charge in [0.15, 0.2) is 0 Å². The number of halogens is 4. The van der Waals surface area contributed by atoms with E-state index in [1.54, 1.807) is 13.8 Å². The molecule has 0 spiro atoms. The number of alkyl halides is 3. The summed E-state index contributed by atoms with van der Waals surface area (Å²) in [5.41, 5.74) is -0.768. The van der Waals surface area contributed by atoms with Gasteiger partial charge in [0.1, 0.15) is 0 Å². The monoisotopic (exact) mass is 294 g/mol. The third kappa shape index (κ3) is 4.02. The van der Waals surface area contributed by atoms with E-state index in [2.05, 4.69) is 5.32 Å². The van der Waals surface area contributed by atoms with Gasteiger partial charge in [0, 0.05) is 0 Å². The predicted octanol–water partition coefficient (Wildman–Crippen LogP) is 2.55. The Labute approximate surface area is 113 Å². The SMILES string of the molecule is CC(C)C(Nc1ccc(C(F)(F)F)cc1Cl)C(=O)[O-]. The van der Waals surface area contributed by atoms with E-state index in [1.165, 1.54) is 0 Å². The Kier molecular flexibility index (Phi) is 4.68. The van der Waals surface area contributed by atoms with Gasteiger partial charge in [-0.15, -0.1) is 0 Å². The van der Waals surface area contributed by atoms with Crippen molar-refractivity contribution in [2.24, 2.45) is 5.92 Å². The Bertz CT molecular complexity index is 475. The maximum atomic E-state index is 12.4. The van der Waals surface area contributed by atoms with Crippen LogP contribution in [0.2, 0.25) is 5.02 Å². The minimum Gasteiger partial charge on any atom is -0.548 e. The summed E-state index contributed by atoms with van der Waals surface area (Å²) in [5, 5.41) is 13.3. The molecular weight excluding hydrogens is 283 g/mol. The standard InChI is InChI=1S/C12H13ClF3NO2/c1-6(2)10(11(18)19)17-9-4-3-7(5-8(9)13)12(14,15)16/h3-6,10,17H,1-2H3,(H,18,19)/p-1. The van der Waals surface area contributed by atoms with E-state index in [4.69, 9.17) is 11.6 Å². The molecule has 0 saturated heterocycles. The van der Waals surface area contributed by atoms with Gasteiger partial charge < -0.3 is 15.2 Å². The summed E-state index contributed by atoms with van der Waals surface area (Å²) in [5.74, 6) is -1.64. The lowest BCUT2D eigenvalue weighted by Crippen LogP contribution is -2.44. The molecule has 1 unspecified atom stereocenters. The number of benzene rings is 1. The maximum absolute atomic E-state index is 12.4. The normalized spacial score (nSPS) is 13.4. The Morgan fingerprint density at radius 2 is 1.95 bits per heavy atom. The van der Waals surface area contributed by atoms with Gasteiger partial charge in [-0.2, -0.15) is 13.2 Å². The summed E-state index contributed by atoms with van der Waals surface area (Å²) in [6.07, 6.45) is -4.49. The number of hydrogen-bond acceptors (Lipinski definition) is 3. The van der Waals surface area contributed by atoms with E-state index in [1.807, 2.05) is 0 Å². The molecular formula is C12H12ClF3NO2-. The van der Waals surface area contributed by atoms with E-state index in [-0.39, 0.29) is 16.6 Å². The molecule has 106 valence electrons. The van der Waals surface area contributed by atoms with Crippen molar-refractivity contribution in [3.8, 4) is 0 Å². The zero-order chi connectivity index (χ0) is 14.8. The molecule has 0 amide bonds. The first kappa shape index (κ1) is 15.6. The Balaban J connectivity index is 3.00. The molecule has 1 aromatic rings. The highest BCUT2D eigenvalue weighted by Gasteiger charge is 2.31. The van der Waals surface area contributed by atoms with Gasteiger partial charge in [-0.25, -0.2) is 0 Å². The molecule has 0 fully saturated rings. The topological polar surface area (TPSA) is 52.2 Å². The van der Waals surface area contributed by atoms with Crippen molar-refractivity contribution in [1.29, 1.82) is 0 Å². The Morgan fingerprint density at radius 1 is 1.37 bits per heavy atom. The van der Waals surface area contributed by atoms with Crippen LogP contribution in [0.25, 0.3) is 0 Å². The first-order valence-corrected chi connectivity index (χ1v) is 5.85. The zero-order valence-electron chi connectivity index (χ0n) is 10.2. The second kappa shape index (κ2) is 5.69. The van der Waals surface area contributed by atoms with Crippen LogP contribution >= 0.6 is 11.6 Å². The lowest BCUT2D eigenvalue weighted by Gasteiger charge is -2.25. The molecule has 0 aliphatic carbocycles. The lowest BCUT2D eigenvalue weighted by molar-refractivity contribution is -0.307. The average molecular weight is 295 g/mol. The van der Waals surface area contributed by atoms with Crippen molar-refractivity contribution < 1.29 is 23.1 Å². The summed E-state index contributed by atoms with van der Waals surface area (Å²) in [4.78, 5) is 10.9. The van der Waals surface area contributed by atoms with Crippen LogP contribution in [-0.2, 0) is 11.0 Å². The van der Waals surface area contributed by atoms with Crippen molar-refractivity contribution in [2.45, 2.75) is 26.1 Å². The third-order valence-corrected chi connectivity index (χ3v) is 2.84. The fourth-order valence-electron chi connectivity index (χ4n) is 1.47. The van der Waals surface area contributed by atoms with Crippen molar-refractivity contribution in [3.05, 3.63) is 28.8 Å². The summed E-state index contributed by atoms with van der Waals surface area (Å²) >= 11 is 5.71. The highest BCUT2D eigenvalue weighted by molar-refractivity contribution is 6.33. The van der Waals surface area contributed by atoms with Crippen LogP contribution in [0.5, 0.6) is 0 Å². The van der Waals surface area contributed by atoms with Crippen LogP contribution in [0.15, 0.2) is 18.2 Å². The van der Waals surface area contributed by atoms with Crippen molar-refractivity contribution in [2.75, 3.05) is 5.32 Å². The van der Waals surface area contributed by atoms with Crippen LogP contribution in [0.4, 0.5) is 18.9 Å². The molecule has 0 aromatic heterocycles. The fraction of sp³-hybridized carbons (Fsp3) is 0.417. The largest absolute Gasteiger partial charge is 0.548 e. The third-order valence-electron chi connectivity index (χ3n) is 2.53. The number of anilines is 1. The molecule has 1 atom stereocenters. The number of carboxylic acid groups (broad SMARTS) is 1. The van der Waals surface area contributed by atoms with E-state index in [9.17, 15) is 23.1 Å². The molecule has 3 nitrogen and oxygen atoms in total. The van der Waals surface area contributed by atoms with Crippen LogP contribution < -0.4 is 10.4 Å². The second-order valence-corrected chi connectivity index (χ2v) is 4.78. The van der Waals surface area contributed by atoms with E-state index < -0.39 is 23.8 Å². The molecule has 7 heteroatoms. The highest BCUT2D eigenvalue weighted by atomic mass is 35.5. The molecule has 1 N–H and O–H groups in total. The predicted molar refractivity (Wildman–Crippen MR) is 63.7 cm³/mol. The number of nitrogens with one attached hydrogen (secondary N) is 1.